The molecule has 0 aliphatic carbocycles. The van der Waals surface area contributed by atoms with E-state index < -0.39 is 0 Å². The number of anilines is 3. The van der Waals surface area contributed by atoms with Crippen molar-refractivity contribution in [2.75, 3.05) is 36.4 Å². The molecule has 1 fully saturated rings. The fourth-order valence-electron chi connectivity index (χ4n) is 3.82. The summed E-state index contributed by atoms with van der Waals surface area (Å²) in [6, 6.07) is 17.9. The molecule has 0 unspecified atom stereocenters. The van der Waals surface area contributed by atoms with Gasteiger partial charge in [0, 0.05) is 49.2 Å². The van der Waals surface area contributed by atoms with Crippen molar-refractivity contribution in [2.45, 2.75) is 20.8 Å². The van der Waals surface area contributed by atoms with E-state index in [0.717, 1.165) is 33.9 Å². The summed E-state index contributed by atoms with van der Waals surface area (Å²) in [5, 5.41) is 3.34. The van der Waals surface area contributed by atoms with Gasteiger partial charge in [0.1, 0.15) is 5.82 Å². The fourth-order valence-corrected chi connectivity index (χ4v) is 3.82. The number of hydrogen-bond donors (Lipinski definition) is 1. The van der Waals surface area contributed by atoms with Crippen LogP contribution in [0.3, 0.4) is 0 Å². The number of nitrogens with one attached hydrogen (secondary N) is 1. The molecule has 0 bridgehead atoms. The smallest absolute Gasteiger partial charge is 0.253 e. The molecule has 0 saturated carbocycles. The lowest BCUT2D eigenvalue weighted by atomic mass is 10.1. The van der Waals surface area contributed by atoms with Gasteiger partial charge in [-0.25, -0.2) is 4.98 Å². The average Bonchev–Trinajstić information content (AvgIpc) is 2.73. The van der Waals surface area contributed by atoms with E-state index in [-0.39, 0.29) is 5.91 Å². The van der Waals surface area contributed by atoms with Gasteiger partial charge in [-0.1, -0.05) is 35.4 Å². The van der Waals surface area contributed by atoms with Crippen LogP contribution < -0.4 is 10.2 Å². The van der Waals surface area contributed by atoms with Gasteiger partial charge in [0.05, 0.1) is 0 Å². The van der Waals surface area contributed by atoms with Crippen molar-refractivity contribution < 1.29 is 4.79 Å². The van der Waals surface area contributed by atoms with Crippen molar-refractivity contribution in [3.8, 4) is 0 Å². The van der Waals surface area contributed by atoms with Crippen molar-refractivity contribution in [1.29, 1.82) is 0 Å². The number of nitrogens with zero attached hydrogens (tertiary/aromatic N) is 4. The minimum absolute atomic E-state index is 0.0954. The Morgan fingerprint density at radius 2 is 1.53 bits per heavy atom. The lowest BCUT2D eigenvalue weighted by Crippen LogP contribution is -2.49. The molecule has 4 rings (SSSR count). The number of aromatic nitrogens is 2. The highest BCUT2D eigenvalue weighted by Gasteiger charge is 2.24. The number of hydrogen-bond acceptors (Lipinski definition) is 5. The summed E-state index contributed by atoms with van der Waals surface area (Å²) in [5.41, 5.74) is 4.90. The Kier molecular flexibility index (Phi) is 5.65. The van der Waals surface area contributed by atoms with Crippen LogP contribution in [0.2, 0.25) is 0 Å². The molecule has 30 heavy (non-hydrogen) atoms. The van der Waals surface area contributed by atoms with Crippen molar-refractivity contribution in [3.05, 3.63) is 77.0 Å². The second-order valence-electron chi connectivity index (χ2n) is 7.84. The first kappa shape index (κ1) is 19.9. The Balaban J connectivity index is 1.44. The molecule has 1 amide bonds. The largest absolute Gasteiger partial charge is 0.340 e. The van der Waals surface area contributed by atoms with Crippen LogP contribution in [0.5, 0.6) is 0 Å². The molecule has 0 spiro atoms. The van der Waals surface area contributed by atoms with E-state index in [9.17, 15) is 4.79 Å². The van der Waals surface area contributed by atoms with Gasteiger partial charge in [0.25, 0.3) is 5.91 Å². The number of rotatable bonds is 4. The maximum Gasteiger partial charge on any atom is 0.253 e. The van der Waals surface area contributed by atoms with Gasteiger partial charge in [-0.3, -0.25) is 4.79 Å². The van der Waals surface area contributed by atoms with E-state index in [4.69, 9.17) is 4.98 Å². The van der Waals surface area contributed by atoms with E-state index in [0.29, 0.717) is 32.1 Å². The Hall–Kier alpha value is -3.41. The average molecular weight is 402 g/mol. The summed E-state index contributed by atoms with van der Waals surface area (Å²) in [6.07, 6.45) is 0. The SMILES string of the molecule is Cc1cc(C)cc(C(=O)N2CCN(c3nc(C)cc(Nc4ccccc4)n3)CC2)c1. The summed E-state index contributed by atoms with van der Waals surface area (Å²) in [6.45, 7) is 8.77. The third-order valence-electron chi connectivity index (χ3n) is 5.21. The fraction of sp³-hybridized carbons (Fsp3) is 0.292. The highest BCUT2D eigenvalue weighted by Crippen LogP contribution is 2.20. The number of piperazine rings is 1. The van der Waals surface area contributed by atoms with Gasteiger partial charge in [-0.05, 0) is 45.0 Å². The van der Waals surface area contributed by atoms with Crippen molar-refractivity contribution in [3.63, 3.8) is 0 Å². The minimum atomic E-state index is 0.0954. The van der Waals surface area contributed by atoms with Gasteiger partial charge in [0.2, 0.25) is 5.95 Å². The summed E-state index contributed by atoms with van der Waals surface area (Å²) in [5.74, 6) is 1.57. The summed E-state index contributed by atoms with van der Waals surface area (Å²) in [7, 11) is 0. The predicted octanol–water partition coefficient (Wildman–Crippen LogP) is 4.11. The molecule has 1 saturated heterocycles. The molecule has 3 aromatic rings. The molecule has 1 N–H and O–H groups in total. The number of carbonyl (C=O) groups excluding carboxylic acids is 1. The highest BCUT2D eigenvalue weighted by molar-refractivity contribution is 5.94. The van der Waals surface area contributed by atoms with Crippen molar-refractivity contribution >= 4 is 23.4 Å². The Morgan fingerprint density at radius 1 is 0.867 bits per heavy atom. The Labute approximate surface area is 177 Å². The third kappa shape index (κ3) is 4.59. The summed E-state index contributed by atoms with van der Waals surface area (Å²) < 4.78 is 0. The normalized spacial score (nSPS) is 14.0. The standard InChI is InChI=1S/C24H27N5O/c1-17-13-18(2)15-20(14-17)23(30)28-9-11-29(12-10-28)24-25-19(3)16-22(27-24)26-21-7-5-4-6-8-21/h4-8,13-16H,9-12H2,1-3H3,(H,25,26,27). The second-order valence-corrected chi connectivity index (χ2v) is 7.84. The van der Waals surface area contributed by atoms with E-state index >= 15 is 0 Å². The molecule has 2 aromatic carbocycles. The van der Waals surface area contributed by atoms with Gasteiger partial charge >= 0.3 is 0 Å². The van der Waals surface area contributed by atoms with E-state index in [1.165, 1.54) is 0 Å². The summed E-state index contributed by atoms with van der Waals surface area (Å²) >= 11 is 0. The second kappa shape index (κ2) is 8.53. The molecular formula is C24H27N5O. The predicted molar refractivity (Wildman–Crippen MR) is 121 cm³/mol. The summed E-state index contributed by atoms with van der Waals surface area (Å²) in [4.78, 5) is 26.3. The van der Waals surface area contributed by atoms with Gasteiger partial charge < -0.3 is 15.1 Å². The Bertz CT molecular complexity index is 1020. The first-order chi connectivity index (χ1) is 14.5. The lowest BCUT2D eigenvalue weighted by Gasteiger charge is -2.35. The molecule has 154 valence electrons. The molecule has 2 heterocycles. The highest BCUT2D eigenvalue weighted by atomic mass is 16.2. The first-order valence-corrected chi connectivity index (χ1v) is 10.3. The van der Waals surface area contributed by atoms with Gasteiger partial charge in [0.15, 0.2) is 0 Å². The molecule has 6 nitrogen and oxygen atoms in total. The van der Waals surface area contributed by atoms with E-state index in [1.54, 1.807) is 0 Å². The number of benzene rings is 2. The van der Waals surface area contributed by atoms with Crippen LogP contribution in [-0.4, -0.2) is 47.0 Å². The molecule has 0 atom stereocenters. The number of carbonyl (C=O) groups is 1. The van der Waals surface area contributed by atoms with Crippen LogP contribution in [0.1, 0.15) is 27.2 Å². The third-order valence-corrected chi connectivity index (χ3v) is 5.21. The van der Waals surface area contributed by atoms with E-state index in [1.807, 2.05) is 74.2 Å². The van der Waals surface area contributed by atoms with Gasteiger partial charge in [-0.2, -0.15) is 4.98 Å². The monoisotopic (exact) mass is 401 g/mol. The molecular weight excluding hydrogens is 374 g/mol. The van der Waals surface area contributed by atoms with Crippen LogP contribution in [0, 0.1) is 20.8 Å². The van der Waals surface area contributed by atoms with Crippen molar-refractivity contribution in [2.24, 2.45) is 0 Å². The Morgan fingerprint density at radius 3 is 2.20 bits per heavy atom. The molecule has 0 radical (unpaired) electrons. The minimum Gasteiger partial charge on any atom is -0.340 e. The maximum absolute atomic E-state index is 12.9. The molecule has 1 aliphatic rings. The van der Waals surface area contributed by atoms with Crippen LogP contribution in [0.25, 0.3) is 0 Å². The first-order valence-electron chi connectivity index (χ1n) is 10.3. The number of amides is 1. The van der Waals surface area contributed by atoms with Crippen LogP contribution in [-0.2, 0) is 0 Å². The van der Waals surface area contributed by atoms with Crippen LogP contribution in [0.15, 0.2) is 54.6 Å². The van der Waals surface area contributed by atoms with Gasteiger partial charge in [-0.15, -0.1) is 0 Å². The van der Waals surface area contributed by atoms with E-state index in [2.05, 4.69) is 21.3 Å². The zero-order chi connectivity index (χ0) is 21.1. The zero-order valence-electron chi connectivity index (χ0n) is 17.7. The van der Waals surface area contributed by atoms with Crippen LogP contribution in [0.4, 0.5) is 17.5 Å². The number of aryl methyl sites for hydroxylation is 3. The molecule has 1 aliphatic heterocycles. The zero-order valence-corrected chi connectivity index (χ0v) is 17.7. The quantitative estimate of drug-likeness (QED) is 0.713. The maximum atomic E-state index is 12.9. The van der Waals surface area contributed by atoms with Crippen LogP contribution >= 0.6 is 0 Å². The number of para-hydroxylation sites is 1. The molecule has 6 heteroatoms. The van der Waals surface area contributed by atoms with Crippen molar-refractivity contribution in [1.82, 2.24) is 14.9 Å². The lowest BCUT2D eigenvalue weighted by molar-refractivity contribution is 0.0746. The molecule has 1 aromatic heterocycles. The topological polar surface area (TPSA) is 61.4 Å².